The number of fused-ring (bicyclic) bond motifs is 1. The van der Waals surface area contributed by atoms with Crippen molar-refractivity contribution >= 4 is 39.7 Å². The van der Waals surface area contributed by atoms with Crippen molar-refractivity contribution < 1.29 is 29.0 Å². The first-order valence-electron chi connectivity index (χ1n) is 13.6. The molecule has 1 amide bonds. The molecule has 8 nitrogen and oxygen atoms in total. The van der Waals surface area contributed by atoms with Gasteiger partial charge >= 0.3 is 5.91 Å². The Morgan fingerprint density at radius 2 is 1.88 bits per heavy atom. The third kappa shape index (κ3) is 4.96. The molecule has 1 N–H and O–H groups in total. The summed E-state index contributed by atoms with van der Waals surface area (Å²) in [7, 11) is 0. The molecule has 0 saturated carbocycles. The van der Waals surface area contributed by atoms with Crippen LogP contribution >= 0.6 is 11.3 Å². The molecule has 0 unspecified atom stereocenters. The van der Waals surface area contributed by atoms with Gasteiger partial charge in [-0.1, -0.05) is 53.8 Å². The number of aromatic nitrogens is 1. The molecule has 1 fully saturated rings. The normalized spacial score (nSPS) is 19.1. The molecular formula is C33H28N2O6S. The second-order valence-corrected chi connectivity index (χ2v) is 11.4. The van der Waals surface area contributed by atoms with E-state index in [9.17, 15) is 19.5 Å². The Hall–Kier alpha value is -4.76. The summed E-state index contributed by atoms with van der Waals surface area (Å²) in [5.41, 5.74) is 3.26. The molecule has 6 rings (SSSR count). The van der Waals surface area contributed by atoms with E-state index >= 15 is 0 Å². The highest BCUT2D eigenvalue weighted by Gasteiger charge is 2.48. The minimum absolute atomic E-state index is 0.00483. The molecule has 1 aromatic heterocycles. The van der Waals surface area contributed by atoms with Gasteiger partial charge in [0.1, 0.15) is 30.0 Å². The first-order chi connectivity index (χ1) is 20.2. The number of hydrogen-bond acceptors (Lipinski definition) is 8. The van der Waals surface area contributed by atoms with E-state index in [1.165, 1.54) is 11.8 Å². The molecule has 212 valence electrons. The number of ether oxygens (including phenoxy) is 2. The number of benzene rings is 3. The Balaban J connectivity index is 1.46. The van der Waals surface area contributed by atoms with Gasteiger partial charge in [-0.25, -0.2) is 4.98 Å². The number of carbonyl (C=O) groups excluding carboxylic acids is 3. The zero-order chi connectivity index (χ0) is 29.5. The Kier molecular flexibility index (Phi) is 7.12. The lowest BCUT2D eigenvalue weighted by Crippen LogP contribution is -2.29. The Bertz CT molecular complexity index is 1760. The van der Waals surface area contributed by atoms with Gasteiger partial charge in [0.2, 0.25) is 0 Å². The number of aliphatic hydroxyl groups excluding tert-OH is 1. The molecule has 9 heteroatoms. The lowest BCUT2D eigenvalue weighted by Gasteiger charge is -2.23. The van der Waals surface area contributed by atoms with E-state index in [1.54, 1.807) is 49.4 Å². The van der Waals surface area contributed by atoms with E-state index in [4.69, 9.17) is 9.47 Å². The van der Waals surface area contributed by atoms with Crippen molar-refractivity contribution in [3.63, 3.8) is 0 Å². The number of amides is 1. The summed E-state index contributed by atoms with van der Waals surface area (Å²) in [5.74, 6) is -0.886. The van der Waals surface area contributed by atoms with Crippen molar-refractivity contribution in [3.8, 4) is 11.5 Å². The van der Waals surface area contributed by atoms with Gasteiger partial charge in [0.15, 0.2) is 10.9 Å². The van der Waals surface area contributed by atoms with Crippen LogP contribution in [0.4, 0.5) is 5.13 Å². The molecule has 4 aromatic rings. The molecule has 0 radical (unpaired) electrons. The second-order valence-electron chi connectivity index (χ2n) is 10.4. The Morgan fingerprint density at radius 1 is 1.10 bits per heavy atom. The number of aliphatic hydroxyl groups is 1. The van der Waals surface area contributed by atoms with Crippen molar-refractivity contribution in [1.82, 2.24) is 4.98 Å². The van der Waals surface area contributed by atoms with Crippen LogP contribution in [-0.4, -0.2) is 33.7 Å². The second kappa shape index (κ2) is 10.9. The van der Waals surface area contributed by atoms with Gasteiger partial charge in [-0.05, 0) is 60.9 Å². The molecule has 3 heterocycles. The molecule has 1 saturated heterocycles. The maximum Gasteiger partial charge on any atom is 0.301 e. The Morgan fingerprint density at radius 3 is 2.62 bits per heavy atom. The predicted molar refractivity (Wildman–Crippen MR) is 159 cm³/mol. The monoisotopic (exact) mass is 580 g/mol. The first kappa shape index (κ1) is 27.4. The van der Waals surface area contributed by atoms with Crippen molar-refractivity contribution in [2.45, 2.75) is 45.9 Å². The van der Waals surface area contributed by atoms with Crippen molar-refractivity contribution in [2.24, 2.45) is 0 Å². The molecule has 3 aromatic carbocycles. The first-order valence-corrected chi connectivity index (χ1v) is 14.4. The van der Waals surface area contributed by atoms with Crippen LogP contribution in [0.1, 0.15) is 57.5 Å². The number of anilines is 1. The average Bonchev–Trinajstić information content (AvgIpc) is 3.64. The lowest BCUT2D eigenvalue weighted by molar-refractivity contribution is -0.132. The summed E-state index contributed by atoms with van der Waals surface area (Å²) in [5, 5.41) is 11.8. The van der Waals surface area contributed by atoms with Crippen LogP contribution in [0, 0.1) is 6.92 Å². The number of carbonyl (C=O) groups is 3. The van der Waals surface area contributed by atoms with Gasteiger partial charge in [0.05, 0.1) is 22.2 Å². The molecule has 0 aliphatic carbocycles. The van der Waals surface area contributed by atoms with Crippen LogP contribution in [0.3, 0.4) is 0 Å². The highest BCUT2D eigenvalue weighted by atomic mass is 32.1. The number of nitrogens with zero attached hydrogens (tertiary/aromatic N) is 2. The van der Waals surface area contributed by atoms with Gasteiger partial charge in [-0.2, -0.15) is 0 Å². The van der Waals surface area contributed by atoms with E-state index in [2.05, 4.69) is 4.98 Å². The number of rotatable bonds is 7. The maximum absolute atomic E-state index is 13.6. The van der Waals surface area contributed by atoms with Crippen LogP contribution in [-0.2, 0) is 22.6 Å². The molecule has 2 atom stereocenters. The molecule has 0 bridgehead atoms. The van der Waals surface area contributed by atoms with E-state index < -0.39 is 17.7 Å². The van der Waals surface area contributed by atoms with Crippen LogP contribution in [0.15, 0.2) is 78.4 Å². The topological polar surface area (TPSA) is 106 Å². The summed E-state index contributed by atoms with van der Waals surface area (Å²) in [6, 6.07) is 21.0. The zero-order valence-electron chi connectivity index (χ0n) is 23.3. The number of Topliss-reactive ketones (excluding diaryl/α,β-unsaturated/α-hetero) is 2. The van der Waals surface area contributed by atoms with Crippen LogP contribution in [0.2, 0.25) is 0 Å². The molecule has 42 heavy (non-hydrogen) atoms. The average molecular weight is 581 g/mol. The summed E-state index contributed by atoms with van der Waals surface area (Å²) < 4.78 is 11.8. The quantitative estimate of drug-likeness (QED) is 0.120. The van der Waals surface area contributed by atoms with Gasteiger partial charge in [-0.3, -0.25) is 19.3 Å². The maximum atomic E-state index is 13.6. The number of aryl methyl sites for hydroxylation is 1. The van der Waals surface area contributed by atoms with E-state index in [0.29, 0.717) is 40.5 Å². The predicted octanol–water partition coefficient (Wildman–Crippen LogP) is 6.18. The van der Waals surface area contributed by atoms with Crippen LogP contribution in [0.5, 0.6) is 11.5 Å². The summed E-state index contributed by atoms with van der Waals surface area (Å²) in [4.78, 5) is 45.6. The summed E-state index contributed by atoms with van der Waals surface area (Å²) in [6.45, 7) is 5.41. The molecule has 2 aliphatic heterocycles. The van der Waals surface area contributed by atoms with Crippen molar-refractivity contribution in [2.75, 3.05) is 4.90 Å². The standard InChI is InChI=1S/C33H28N2O6S/c1-18-14-24-15-23(12-13-26(24)41-18)29(37)27-28(22-10-7-11-25(16-22)40-17-21-8-5-4-6-9-21)35(32(39)30(27)38)33-34-19(2)31(42-33)20(3)36/h4-13,15-16,18,28,37H,14,17H2,1-3H3/t18-,28-/m0/s1. The van der Waals surface area contributed by atoms with Gasteiger partial charge < -0.3 is 14.6 Å². The molecule has 0 spiro atoms. The van der Waals surface area contributed by atoms with Crippen LogP contribution in [0.25, 0.3) is 5.76 Å². The smallest absolute Gasteiger partial charge is 0.301 e. The zero-order valence-corrected chi connectivity index (χ0v) is 24.1. The summed E-state index contributed by atoms with van der Waals surface area (Å²) in [6.07, 6.45) is 0.673. The highest BCUT2D eigenvalue weighted by Crippen LogP contribution is 2.45. The van der Waals surface area contributed by atoms with Crippen molar-refractivity contribution in [3.05, 3.63) is 111 Å². The third-order valence-corrected chi connectivity index (χ3v) is 8.60. The fourth-order valence-corrected chi connectivity index (χ4v) is 6.39. The minimum Gasteiger partial charge on any atom is -0.507 e. The fraction of sp³-hybridized carbons (Fsp3) is 0.212. The number of hydrogen-bond donors (Lipinski definition) is 1. The Labute approximate surface area is 246 Å². The van der Waals surface area contributed by atoms with E-state index in [-0.39, 0.29) is 28.4 Å². The molecular weight excluding hydrogens is 552 g/mol. The SMILES string of the molecule is CC(=O)c1sc(N2C(=O)C(=O)C(=C(O)c3ccc4c(c3)C[C@H](C)O4)[C@@H]2c2cccc(OCc3ccccc3)c2)nc1C. The van der Waals surface area contributed by atoms with Gasteiger partial charge in [0.25, 0.3) is 5.78 Å². The van der Waals surface area contributed by atoms with Gasteiger partial charge in [-0.15, -0.1) is 0 Å². The van der Waals surface area contributed by atoms with E-state index in [0.717, 1.165) is 28.2 Å². The van der Waals surface area contributed by atoms with Crippen LogP contribution < -0.4 is 14.4 Å². The minimum atomic E-state index is -1.00. The summed E-state index contributed by atoms with van der Waals surface area (Å²) >= 11 is 1.05. The number of ketones is 2. The fourth-order valence-electron chi connectivity index (χ4n) is 5.40. The largest absolute Gasteiger partial charge is 0.507 e. The lowest BCUT2D eigenvalue weighted by atomic mass is 9.94. The van der Waals surface area contributed by atoms with Gasteiger partial charge in [0, 0.05) is 18.9 Å². The third-order valence-electron chi connectivity index (χ3n) is 7.35. The highest BCUT2D eigenvalue weighted by molar-refractivity contribution is 7.18. The molecule has 2 aliphatic rings. The number of thiazole rings is 1. The van der Waals surface area contributed by atoms with Crippen molar-refractivity contribution in [1.29, 1.82) is 0 Å². The van der Waals surface area contributed by atoms with E-state index in [1.807, 2.05) is 37.3 Å².